The average molecular weight is 401 g/mol. The van der Waals surface area contributed by atoms with Crippen molar-refractivity contribution >= 4 is 12.0 Å². The van der Waals surface area contributed by atoms with Crippen molar-refractivity contribution in [2.45, 2.75) is 64.7 Å². The molecule has 1 aliphatic carbocycles. The van der Waals surface area contributed by atoms with Crippen LogP contribution in [-0.4, -0.2) is 43.1 Å². The zero-order valence-corrected chi connectivity index (χ0v) is 18.2. The van der Waals surface area contributed by atoms with Gasteiger partial charge in [0.05, 0.1) is 6.61 Å². The van der Waals surface area contributed by atoms with Crippen molar-refractivity contribution < 1.29 is 14.3 Å². The Kier molecular flexibility index (Phi) is 7.20. The van der Waals surface area contributed by atoms with Gasteiger partial charge in [0.2, 0.25) is 5.91 Å². The van der Waals surface area contributed by atoms with E-state index in [4.69, 9.17) is 4.74 Å². The highest BCUT2D eigenvalue weighted by Crippen LogP contribution is 2.41. The molecule has 29 heavy (non-hydrogen) atoms. The van der Waals surface area contributed by atoms with Crippen LogP contribution in [0.4, 0.5) is 4.79 Å². The number of benzene rings is 1. The molecule has 160 valence electrons. The molecule has 2 aliphatic rings. The summed E-state index contributed by atoms with van der Waals surface area (Å²) in [4.78, 5) is 26.7. The molecular formula is C24H36N2O3. The number of likely N-dealkylation sites (tertiary alicyclic amines) is 1. The highest BCUT2D eigenvalue weighted by atomic mass is 16.6. The lowest BCUT2D eigenvalue weighted by Gasteiger charge is -2.33. The third-order valence-corrected chi connectivity index (χ3v) is 6.46. The monoisotopic (exact) mass is 400 g/mol. The number of piperidine rings is 1. The minimum atomic E-state index is -0.248. The van der Waals surface area contributed by atoms with E-state index < -0.39 is 0 Å². The Balaban J connectivity index is 1.51. The molecule has 0 radical (unpaired) electrons. The second-order valence-corrected chi connectivity index (χ2v) is 9.31. The molecule has 0 unspecified atom stereocenters. The third-order valence-electron chi connectivity index (χ3n) is 6.46. The van der Waals surface area contributed by atoms with Crippen LogP contribution < -0.4 is 5.32 Å². The molecule has 5 nitrogen and oxygen atoms in total. The largest absolute Gasteiger partial charge is 0.449 e. The number of rotatable bonds is 6. The fourth-order valence-corrected chi connectivity index (χ4v) is 4.65. The number of aryl methyl sites for hydroxylation is 1. The van der Waals surface area contributed by atoms with E-state index in [-0.39, 0.29) is 23.3 Å². The van der Waals surface area contributed by atoms with Gasteiger partial charge in [0.25, 0.3) is 0 Å². The van der Waals surface area contributed by atoms with Gasteiger partial charge in [-0.2, -0.15) is 0 Å². The fourth-order valence-electron chi connectivity index (χ4n) is 4.65. The lowest BCUT2D eigenvalue weighted by molar-refractivity contribution is -0.126. The number of amides is 2. The second-order valence-electron chi connectivity index (χ2n) is 9.31. The second kappa shape index (κ2) is 9.64. The number of carbonyl (C=O) groups is 2. The van der Waals surface area contributed by atoms with E-state index in [0.717, 1.165) is 12.8 Å². The van der Waals surface area contributed by atoms with Gasteiger partial charge in [-0.15, -0.1) is 0 Å². The summed E-state index contributed by atoms with van der Waals surface area (Å²) < 4.78 is 5.31. The Bertz CT molecular complexity index is 702. The maximum Gasteiger partial charge on any atom is 0.409 e. The summed E-state index contributed by atoms with van der Waals surface area (Å²) in [6.07, 6.45) is 5.89. The Labute approximate surface area is 175 Å². The van der Waals surface area contributed by atoms with Crippen LogP contribution in [0.5, 0.6) is 0 Å². The van der Waals surface area contributed by atoms with Crippen LogP contribution in [-0.2, 0) is 14.9 Å². The molecule has 0 spiro atoms. The van der Waals surface area contributed by atoms with Crippen LogP contribution in [0.15, 0.2) is 24.3 Å². The molecule has 1 aliphatic heterocycles. The molecule has 1 aromatic carbocycles. The van der Waals surface area contributed by atoms with E-state index in [1.165, 1.54) is 24.0 Å². The molecule has 1 N–H and O–H groups in total. The maximum absolute atomic E-state index is 12.8. The molecule has 0 aromatic heterocycles. The summed E-state index contributed by atoms with van der Waals surface area (Å²) in [7, 11) is 0. The van der Waals surface area contributed by atoms with Gasteiger partial charge in [0, 0.05) is 31.0 Å². The molecule has 1 heterocycles. The Morgan fingerprint density at radius 2 is 1.90 bits per heavy atom. The standard InChI is InChI=1S/C24H36N2O3/c1-18(2)16-29-23(28)26-13-9-20(10-14-26)22(27)25-17-24(11-4-5-12-24)21-8-6-7-19(3)15-21/h6-8,15,18,20H,4-5,9-14,16-17H2,1-3H3,(H,25,27). The highest BCUT2D eigenvalue weighted by molar-refractivity contribution is 5.79. The minimum Gasteiger partial charge on any atom is -0.449 e. The first kappa shape index (κ1) is 21.7. The van der Waals surface area contributed by atoms with Gasteiger partial charge in [-0.1, -0.05) is 56.5 Å². The molecule has 0 bridgehead atoms. The van der Waals surface area contributed by atoms with E-state index in [9.17, 15) is 9.59 Å². The zero-order valence-electron chi connectivity index (χ0n) is 18.2. The summed E-state index contributed by atoms with van der Waals surface area (Å²) in [6.45, 7) is 8.53. The van der Waals surface area contributed by atoms with Gasteiger partial charge >= 0.3 is 6.09 Å². The van der Waals surface area contributed by atoms with E-state index in [0.29, 0.717) is 45.0 Å². The number of hydrogen-bond acceptors (Lipinski definition) is 3. The summed E-state index contributed by atoms with van der Waals surface area (Å²) in [5.74, 6) is 0.456. The summed E-state index contributed by atoms with van der Waals surface area (Å²) >= 11 is 0. The smallest absolute Gasteiger partial charge is 0.409 e. The summed E-state index contributed by atoms with van der Waals surface area (Å²) in [5.41, 5.74) is 2.71. The number of nitrogens with zero attached hydrogens (tertiary/aromatic N) is 1. The van der Waals surface area contributed by atoms with Gasteiger partial charge in [-0.3, -0.25) is 4.79 Å². The molecule has 5 heteroatoms. The molecule has 2 amide bonds. The van der Waals surface area contributed by atoms with Crippen molar-refractivity contribution in [3.8, 4) is 0 Å². The Morgan fingerprint density at radius 1 is 1.21 bits per heavy atom. The molecular weight excluding hydrogens is 364 g/mol. The first-order valence-corrected chi connectivity index (χ1v) is 11.2. The van der Waals surface area contributed by atoms with Crippen LogP contribution in [0.2, 0.25) is 0 Å². The van der Waals surface area contributed by atoms with Gasteiger partial charge in [-0.25, -0.2) is 4.79 Å². The lowest BCUT2D eigenvalue weighted by atomic mass is 9.78. The predicted molar refractivity (Wildman–Crippen MR) is 115 cm³/mol. The number of nitrogens with one attached hydrogen (secondary N) is 1. The quantitative estimate of drug-likeness (QED) is 0.769. The van der Waals surface area contributed by atoms with Crippen LogP contribution in [0.3, 0.4) is 0 Å². The van der Waals surface area contributed by atoms with Gasteiger partial charge in [0.15, 0.2) is 0 Å². The Morgan fingerprint density at radius 3 is 2.52 bits per heavy atom. The van der Waals surface area contributed by atoms with Gasteiger partial charge < -0.3 is 15.0 Å². The molecule has 1 aromatic rings. The van der Waals surface area contributed by atoms with Crippen LogP contribution >= 0.6 is 0 Å². The molecule has 1 saturated heterocycles. The lowest BCUT2D eigenvalue weighted by Crippen LogP contribution is -2.46. The third kappa shape index (κ3) is 5.52. The topological polar surface area (TPSA) is 58.6 Å². The van der Waals surface area contributed by atoms with Crippen molar-refractivity contribution in [3.63, 3.8) is 0 Å². The van der Waals surface area contributed by atoms with E-state index in [1.54, 1.807) is 4.90 Å². The van der Waals surface area contributed by atoms with Crippen LogP contribution in [0.1, 0.15) is 63.5 Å². The fraction of sp³-hybridized carbons (Fsp3) is 0.667. The summed E-state index contributed by atoms with van der Waals surface area (Å²) in [6, 6.07) is 8.75. The Hall–Kier alpha value is -2.04. The van der Waals surface area contributed by atoms with Gasteiger partial charge in [-0.05, 0) is 44.1 Å². The average Bonchev–Trinajstić information content (AvgIpc) is 3.20. The SMILES string of the molecule is Cc1cccc(C2(CNC(=O)C3CCN(C(=O)OCC(C)C)CC3)CCCC2)c1. The van der Waals surface area contributed by atoms with E-state index in [2.05, 4.69) is 36.5 Å². The minimum absolute atomic E-state index is 0.0138. The first-order chi connectivity index (χ1) is 13.9. The summed E-state index contributed by atoms with van der Waals surface area (Å²) in [5, 5.41) is 3.26. The normalized spacial score (nSPS) is 19.4. The zero-order chi connectivity index (χ0) is 20.9. The molecule has 1 saturated carbocycles. The molecule has 3 rings (SSSR count). The van der Waals surface area contributed by atoms with Crippen LogP contribution in [0.25, 0.3) is 0 Å². The van der Waals surface area contributed by atoms with Crippen molar-refractivity contribution in [3.05, 3.63) is 35.4 Å². The molecule has 2 fully saturated rings. The number of ether oxygens (including phenoxy) is 1. The number of carbonyl (C=O) groups excluding carboxylic acids is 2. The van der Waals surface area contributed by atoms with Crippen molar-refractivity contribution in [1.82, 2.24) is 10.2 Å². The van der Waals surface area contributed by atoms with E-state index in [1.807, 2.05) is 13.8 Å². The van der Waals surface area contributed by atoms with Crippen molar-refractivity contribution in [1.29, 1.82) is 0 Å². The molecule has 0 atom stereocenters. The van der Waals surface area contributed by atoms with Crippen molar-refractivity contribution in [2.24, 2.45) is 11.8 Å². The number of hydrogen-bond donors (Lipinski definition) is 1. The van der Waals surface area contributed by atoms with Gasteiger partial charge in [0.1, 0.15) is 0 Å². The van der Waals surface area contributed by atoms with E-state index >= 15 is 0 Å². The highest BCUT2D eigenvalue weighted by Gasteiger charge is 2.37. The predicted octanol–water partition coefficient (Wildman–Crippen LogP) is 4.43. The first-order valence-electron chi connectivity index (χ1n) is 11.2. The maximum atomic E-state index is 12.8. The van der Waals surface area contributed by atoms with Crippen molar-refractivity contribution in [2.75, 3.05) is 26.2 Å². The van der Waals surface area contributed by atoms with Crippen LogP contribution in [0, 0.1) is 18.8 Å².